The largest absolute Gasteiger partial charge is 0.382 e. The van der Waals surface area contributed by atoms with Crippen LogP contribution in [0.5, 0.6) is 0 Å². The highest BCUT2D eigenvalue weighted by Crippen LogP contribution is 2.24. The molecule has 0 radical (unpaired) electrons. The van der Waals surface area contributed by atoms with Crippen LogP contribution in [0.3, 0.4) is 0 Å². The topological polar surface area (TPSA) is 75.6 Å². The fraction of sp³-hybridized carbons (Fsp3) is 0.250. The molecule has 0 aromatic carbocycles. The van der Waals surface area contributed by atoms with E-state index >= 15 is 0 Å². The van der Waals surface area contributed by atoms with Gasteiger partial charge in [0.25, 0.3) is 0 Å². The summed E-state index contributed by atoms with van der Waals surface area (Å²) >= 11 is 0. The van der Waals surface area contributed by atoms with Crippen molar-refractivity contribution in [2.75, 3.05) is 5.73 Å². The zero-order valence-corrected chi connectivity index (χ0v) is 9.15. The maximum atomic E-state index is 13.5. The van der Waals surface area contributed by atoms with Gasteiger partial charge in [0.15, 0.2) is 5.69 Å². The summed E-state index contributed by atoms with van der Waals surface area (Å²) in [6.45, 7) is 0. The number of allylic oxidation sites excluding steroid dienone is 4. The highest BCUT2D eigenvalue weighted by atomic mass is 19.1. The molecule has 1 aliphatic carbocycles. The van der Waals surface area contributed by atoms with Crippen molar-refractivity contribution in [3.05, 3.63) is 41.1 Å². The first-order chi connectivity index (χ1) is 8.20. The predicted molar refractivity (Wildman–Crippen MR) is 61.4 cm³/mol. The second kappa shape index (κ2) is 4.74. The van der Waals surface area contributed by atoms with Gasteiger partial charge in [0, 0.05) is 6.42 Å². The van der Waals surface area contributed by atoms with Gasteiger partial charge in [0.05, 0.1) is 11.9 Å². The third-order valence-electron chi connectivity index (χ3n) is 2.54. The van der Waals surface area contributed by atoms with Crippen LogP contribution in [0.1, 0.15) is 24.2 Å². The molecular weight excluding hydrogens is 219 g/mol. The Hall–Kier alpha value is -2.22. The maximum Gasteiger partial charge on any atom is 0.159 e. The molecule has 86 valence electrons. The molecule has 0 fully saturated rings. The van der Waals surface area contributed by atoms with Crippen molar-refractivity contribution in [2.24, 2.45) is 0 Å². The molecule has 4 nitrogen and oxygen atoms in total. The first kappa shape index (κ1) is 11.3. The lowest BCUT2D eigenvalue weighted by Crippen LogP contribution is -2.05. The van der Waals surface area contributed by atoms with E-state index in [0.717, 1.165) is 6.42 Å². The second-order valence-corrected chi connectivity index (χ2v) is 3.73. The van der Waals surface area contributed by atoms with Crippen LogP contribution in [0.15, 0.2) is 29.7 Å². The van der Waals surface area contributed by atoms with E-state index < -0.39 is 0 Å². The van der Waals surface area contributed by atoms with E-state index in [4.69, 9.17) is 11.0 Å². The van der Waals surface area contributed by atoms with Gasteiger partial charge < -0.3 is 5.73 Å². The zero-order valence-electron chi connectivity index (χ0n) is 9.15. The van der Waals surface area contributed by atoms with Crippen LogP contribution in [0.4, 0.5) is 10.2 Å². The van der Waals surface area contributed by atoms with Gasteiger partial charge >= 0.3 is 0 Å². The number of hydrogen-bond donors (Lipinski definition) is 1. The molecule has 0 atom stereocenters. The molecule has 0 unspecified atom stereocenters. The lowest BCUT2D eigenvalue weighted by Gasteiger charge is -2.10. The van der Waals surface area contributed by atoms with Crippen LogP contribution in [0.2, 0.25) is 0 Å². The van der Waals surface area contributed by atoms with E-state index in [-0.39, 0.29) is 23.8 Å². The van der Waals surface area contributed by atoms with Crippen molar-refractivity contribution in [3.63, 3.8) is 0 Å². The quantitative estimate of drug-likeness (QED) is 0.843. The molecule has 0 amide bonds. The summed E-state index contributed by atoms with van der Waals surface area (Å²) in [6, 6.07) is 1.89. The number of nitriles is 1. The normalized spacial score (nSPS) is 14.8. The summed E-state index contributed by atoms with van der Waals surface area (Å²) < 4.78 is 13.5. The minimum atomic E-state index is -0.236. The van der Waals surface area contributed by atoms with Gasteiger partial charge in [0.2, 0.25) is 0 Å². The van der Waals surface area contributed by atoms with Gasteiger partial charge in [-0.1, -0.05) is 6.08 Å². The smallest absolute Gasteiger partial charge is 0.159 e. The lowest BCUT2D eigenvalue weighted by molar-refractivity contribution is 0.627. The standard InChI is InChI=1S/C12H11FN4/c13-10-4-2-1-3-8(10)5-11-12(15)16-7-9(6-14)17-11/h3-4,7H,1-2,5H2,(H2,15,16). The number of rotatable bonds is 2. The Morgan fingerprint density at radius 3 is 2.88 bits per heavy atom. The summed E-state index contributed by atoms with van der Waals surface area (Å²) in [7, 11) is 0. The van der Waals surface area contributed by atoms with Crippen molar-refractivity contribution >= 4 is 5.82 Å². The SMILES string of the molecule is N#Cc1cnc(N)c(CC2=CCCC=C2F)n1. The van der Waals surface area contributed by atoms with Gasteiger partial charge in [0.1, 0.15) is 17.7 Å². The molecule has 0 bridgehead atoms. The molecular formula is C12H11FN4. The molecule has 5 heteroatoms. The molecule has 0 saturated heterocycles. The van der Waals surface area contributed by atoms with Crippen molar-refractivity contribution in [2.45, 2.75) is 19.3 Å². The van der Waals surface area contributed by atoms with Gasteiger partial charge in [-0.3, -0.25) is 0 Å². The monoisotopic (exact) mass is 230 g/mol. The van der Waals surface area contributed by atoms with Crippen molar-refractivity contribution in [1.82, 2.24) is 9.97 Å². The van der Waals surface area contributed by atoms with Crippen LogP contribution in [0.25, 0.3) is 0 Å². The van der Waals surface area contributed by atoms with Crippen molar-refractivity contribution < 1.29 is 4.39 Å². The summed E-state index contributed by atoms with van der Waals surface area (Å²) in [5, 5.41) is 8.72. The number of nitrogens with zero attached hydrogens (tertiary/aromatic N) is 3. The molecule has 17 heavy (non-hydrogen) atoms. The highest BCUT2D eigenvalue weighted by molar-refractivity contribution is 5.42. The Balaban J connectivity index is 2.27. The van der Waals surface area contributed by atoms with E-state index in [2.05, 4.69) is 9.97 Å². The van der Waals surface area contributed by atoms with Gasteiger partial charge in [-0.15, -0.1) is 0 Å². The Morgan fingerprint density at radius 2 is 2.18 bits per heavy atom. The van der Waals surface area contributed by atoms with Gasteiger partial charge in [-0.25, -0.2) is 14.4 Å². The fourth-order valence-electron chi connectivity index (χ4n) is 1.65. The molecule has 1 aromatic heterocycles. The number of halogens is 1. The Bertz CT molecular complexity index is 540. The summed E-state index contributed by atoms with van der Waals surface area (Å²) in [4.78, 5) is 7.90. The van der Waals surface area contributed by atoms with Crippen molar-refractivity contribution in [1.29, 1.82) is 5.26 Å². The Labute approximate surface area is 98.3 Å². The van der Waals surface area contributed by atoms with E-state index in [1.165, 1.54) is 6.20 Å². The van der Waals surface area contributed by atoms with Crippen molar-refractivity contribution in [3.8, 4) is 6.07 Å². The highest BCUT2D eigenvalue weighted by Gasteiger charge is 2.13. The molecule has 0 spiro atoms. The van der Waals surface area contributed by atoms with Crippen LogP contribution in [-0.2, 0) is 6.42 Å². The van der Waals surface area contributed by atoms with E-state index in [0.29, 0.717) is 17.7 Å². The summed E-state index contributed by atoms with van der Waals surface area (Å²) in [5.74, 6) is 0.00286. The van der Waals surface area contributed by atoms with Crippen LogP contribution >= 0.6 is 0 Å². The van der Waals surface area contributed by atoms with E-state index in [9.17, 15) is 4.39 Å². The van der Waals surface area contributed by atoms with Crippen LogP contribution in [-0.4, -0.2) is 9.97 Å². The first-order valence-corrected chi connectivity index (χ1v) is 5.27. The van der Waals surface area contributed by atoms with E-state index in [1.807, 2.05) is 12.1 Å². The number of nitrogens with two attached hydrogens (primary N) is 1. The third-order valence-corrected chi connectivity index (χ3v) is 2.54. The second-order valence-electron chi connectivity index (χ2n) is 3.73. The minimum Gasteiger partial charge on any atom is -0.382 e. The van der Waals surface area contributed by atoms with E-state index in [1.54, 1.807) is 6.08 Å². The molecule has 1 aliphatic rings. The average Bonchev–Trinajstić information content (AvgIpc) is 2.35. The summed E-state index contributed by atoms with van der Waals surface area (Å²) in [5.41, 5.74) is 6.85. The minimum absolute atomic E-state index is 0.190. The predicted octanol–water partition coefficient (Wildman–Crippen LogP) is 2.05. The summed E-state index contributed by atoms with van der Waals surface area (Å²) in [6.07, 6.45) is 6.49. The molecule has 2 N–H and O–H groups in total. The maximum absolute atomic E-state index is 13.5. The molecule has 1 aromatic rings. The third kappa shape index (κ3) is 2.48. The van der Waals surface area contributed by atoms with Gasteiger partial charge in [-0.05, 0) is 24.5 Å². The number of anilines is 1. The number of nitrogen functional groups attached to an aromatic ring is 1. The molecule has 0 aliphatic heterocycles. The van der Waals surface area contributed by atoms with Crippen LogP contribution < -0.4 is 5.73 Å². The Kier molecular flexibility index (Phi) is 3.15. The molecule has 1 heterocycles. The van der Waals surface area contributed by atoms with Gasteiger partial charge in [-0.2, -0.15) is 5.26 Å². The fourth-order valence-corrected chi connectivity index (χ4v) is 1.65. The molecule has 2 rings (SSSR count). The number of aromatic nitrogens is 2. The number of hydrogen-bond acceptors (Lipinski definition) is 4. The first-order valence-electron chi connectivity index (χ1n) is 5.27. The average molecular weight is 230 g/mol. The van der Waals surface area contributed by atoms with Crippen LogP contribution in [0, 0.1) is 11.3 Å². The lowest BCUT2D eigenvalue weighted by atomic mass is 10.0. The molecule has 0 saturated carbocycles. The zero-order chi connectivity index (χ0) is 12.3. The Morgan fingerprint density at radius 1 is 1.41 bits per heavy atom.